The number of nitrogens with zero attached hydrogens (tertiary/aromatic N) is 6. The molecule has 1 N–H and O–H groups in total. The van der Waals surface area contributed by atoms with Gasteiger partial charge in [-0.1, -0.05) is 18.2 Å². The number of phenolic OH excluding ortho intramolecular Hbond substituents is 1. The quantitative estimate of drug-likeness (QED) is 0.386. The van der Waals surface area contributed by atoms with Gasteiger partial charge in [-0.25, -0.2) is 8.78 Å². The topological polar surface area (TPSA) is 104 Å². The molecule has 2 unspecified atom stereocenters. The highest BCUT2D eigenvalue weighted by atomic mass is 35.5. The molecule has 5 aliphatic rings. The molecule has 1 amide bonds. The maximum absolute atomic E-state index is 16.2. The number of phenols is 1. The fourth-order valence-corrected chi connectivity index (χ4v) is 7.72. The van der Waals surface area contributed by atoms with E-state index in [2.05, 4.69) is 26.4 Å². The van der Waals surface area contributed by atoms with E-state index in [1.807, 2.05) is 4.90 Å². The van der Waals surface area contributed by atoms with Crippen molar-refractivity contribution in [3.8, 4) is 23.0 Å². The number of alkyl halides is 1. The minimum atomic E-state index is -0.648. The molecule has 0 bridgehead atoms. The van der Waals surface area contributed by atoms with Gasteiger partial charge in [-0.05, 0) is 68.3 Å². The molecule has 3 aromatic rings. The van der Waals surface area contributed by atoms with Crippen molar-refractivity contribution in [2.45, 2.75) is 55.8 Å². The number of halogens is 3. The molecule has 2 aromatic heterocycles. The molecule has 1 aromatic carbocycles. The van der Waals surface area contributed by atoms with Gasteiger partial charge in [-0.3, -0.25) is 14.7 Å². The van der Waals surface area contributed by atoms with Crippen LogP contribution in [0.5, 0.6) is 11.8 Å². The van der Waals surface area contributed by atoms with Gasteiger partial charge in [0.15, 0.2) is 5.82 Å². The molecule has 2 atom stereocenters. The molecule has 244 valence electrons. The smallest absolute Gasteiger partial charge is 0.318 e. The molecule has 1 saturated carbocycles. The minimum absolute atomic E-state index is 0.0124. The normalized spacial score (nSPS) is 23.6. The molecule has 6 heterocycles. The van der Waals surface area contributed by atoms with Crippen LogP contribution in [0.2, 0.25) is 5.02 Å². The van der Waals surface area contributed by atoms with Crippen LogP contribution < -0.4 is 9.64 Å². The van der Waals surface area contributed by atoms with Crippen LogP contribution >= 0.6 is 11.6 Å². The van der Waals surface area contributed by atoms with Crippen LogP contribution in [0.15, 0.2) is 31.0 Å². The summed E-state index contributed by atoms with van der Waals surface area (Å²) in [6.07, 6.45) is 7.55. The second kappa shape index (κ2) is 12.2. The molecular weight excluding hydrogens is 618 g/mol. The third-order valence-corrected chi connectivity index (χ3v) is 10.1. The van der Waals surface area contributed by atoms with E-state index in [1.54, 1.807) is 11.1 Å². The first-order chi connectivity index (χ1) is 22.2. The summed E-state index contributed by atoms with van der Waals surface area (Å²) in [4.78, 5) is 31.9. The van der Waals surface area contributed by atoms with E-state index in [0.29, 0.717) is 67.2 Å². The lowest BCUT2D eigenvalue weighted by molar-refractivity contribution is -0.164. The number of piperazine rings is 1. The Morgan fingerprint density at radius 3 is 2.70 bits per heavy atom. The number of aromatic hydroxyl groups is 1. The Hall–Kier alpha value is -3.61. The molecule has 5 fully saturated rings. The maximum Gasteiger partial charge on any atom is 0.318 e. The second-order valence-electron chi connectivity index (χ2n) is 12.8. The zero-order chi connectivity index (χ0) is 32.2. The number of fused-ring (bicyclic) bond motifs is 2. The third kappa shape index (κ3) is 5.54. The fourth-order valence-electron chi connectivity index (χ4n) is 7.35. The van der Waals surface area contributed by atoms with Crippen LogP contribution in [0.4, 0.5) is 14.6 Å². The van der Waals surface area contributed by atoms with Crippen LogP contribution in [0.1, 0.15) is 43.6 Å². The predicted octanol–water partition coefficient (Wildman–Crippen LogP) is 4.87. The average molecular weight is 655 g/mol. The van der Waals surface area contributed by atoms with Crippen LogP contribution in [0, 0.1) is 5.82 Å². The lowest BCUT2D eigenvalue weighted by Crippen LogP contribution is -2.72. The van der Waals surface area contributed by atoms with Crippen molar-refractivity contribution in [1.29, 1.82) is 0 Å². The van der Waals surface area contributed by atoms with E-state index >= 15 is 4.39 Å². The number of carbonyl (C=O) groups is 1. The molecule has 1 spiro atoms. The van der Waals surface area contributed by atoms with Gasteiger partial charge in [-0.2, -0.15) is 9.97 Å². The van der Waals surface area contributed by atoms with Gasteiger partial charge in [0, 0.05) is 49.0 Å². The van der Waals surface area contributed by atoms with Gasteiger partial charge < -0.3 is 24.4 Å². The number of pyridine rings is 1. The number of carbonyl (C=O) groups excluding carboxylic acids is 1. The van der Waals surface area contributed by atoms with E-state index in [4.69, 9.17) is 21.1 Å². The van der Waals surface area contributed by atoms with Crippen molar-refractivity contribution in [2.75, 3.05) is 57.9 Å². The highest BCUT2D eigenvalue weighted by molar-refractivity contribution is 6.32. The number of benzene rings is 1. The van der Waals surface area contributed by atoms with Crippen molar-refractivity contribution in [1.82, 2.24) is 24.8 Å². The Morgan fingerprint density at radius 1 is 1.22 bits per heavy atom. The average Bonchev–Trinajstić information content (AvgIpc) is 3.67. The van der Waals surface area contributed by atoms with Gasteiger partial charge in [0.05, 0.1) is 25.7 Å². The second-order valence-corrected chi connectivity index (χ2v) is 13.2. The fraction of sp³-hybridized carbons (Fsp3) is 0.515. The van der Waals surface area contributed by atoms with Gasteiger partial charge in [0.2, 0.25) is 5.91 Å². The van der Waals surface area contributed by atoms with E-state index in [-0.39, 0.29) is 34.8 Å². The summed E-state index contributed by atoms with van der Waals surface area (Å²) in [5.41, 5.74) is 0.826. The summed E-state index contributed by atoms with van der Waals surface area (Å²) >= 11 is 6.45. The lowest BCUT2D eigenvalue weighted by Gasteiger charge is -2.55. The number of hydrogen-bond donors (Lipinski definition) is 1. The van der Waals surface area contributed by atoms with Crippen molar-refractivity contribution in [2.24, 2.45) is 0 Å². The molecule has 1 aliphatic carbocycles. The molecule has 0 radical (unpaired) electrons. The summed E-state index contributed by atoms with van der Waals surface area (Å²) in [6.45, 7) is 7.60. The Morgan fingerprint density at radius 2 is 2.02 bits per heavy atom. The summed E-state index contributed by atoms with van der Waals surface area (Å²) < 4.78 is 39.6. The Labute approximate surface area is 271 Å². The highest BCUT2D eigenvalue weighted by Gasteiger charge is 2.50. The zero-order valence-corrected chi connectivity index (χ0v) is 26.5. The molecular formula is C33H37ClF2N6O4. The van der Waals surface area contributed by atoms with Gasteiger partial charge in [0.1, 0.15) is 34.5 Å². The van der Waals surface area contributed by atoms with Gasteiger partial charge in [-0.15, -0.1) is 0 Å². The summed E-state index contributed by atoms with van der Waals surface area (Å²) in [7, 11) is 1.42. The first-order valence-electron chi connectivity index (χ1n) is 15.8. The molecule has 10 nitrogen and oxygen atoms in total. The van der Waals surface area contributed by atoms with E-state index in [9.17, 15) is 14.3 Å². The first-order valence-corrected chi connectivity index (χ1v) is 16.2. The number of anilines is 1. The SMILES string of the molecule is C=CC(=O)N1CCN(c2nc(OC)nc3c(F)c(-c4cc(O)cc(Cl)c4C4CC4)ncc23)CC12COC2.FC1CC2CCCN2C1. The van der Waals surface area contributed by atoms with E-state index in [0.717, 1.165) is 31.4 Å². The molecule has 13 heteroatoms. The summed E-state index contributed by atoms with van der Waals surface area (Å²) in [5.74, 6) is -0.197. The predicted molar refractivity (Wildman–Crippen MR) is 170 cm³/mol. The summed E-state index contributed by atoms with van der Waals surface area (Å²) in [6, 6.07) is 3.59. The van der Waals surface area contributed by atoms with Crippen LogP contribution in [-0.2, 0) is 9.53 Å². The highest BCUT2D eigenvalue weighted by Crippen LogP contribution is 2.49. The lowest BCUT2D eigenvalue weighted by atomic mass is 9.91. The largest absolute Gasteiger partial charge is 0.508 e. The van der Waals surface area contributed by atoms with Crippen molar-refractivity contribution in [3.63, 3.8) is 0 Å². The number of methoxy groups -OCH3 is 1. The Kier molecular flexibility index (Phi) is 8.23. The van der Waals surface area contributed by atoms with E-state index < -0.39 is 17.5 Å². The Bertz CT molecular complexity index is 1670. The number of hydrogen-bond acceptors (Lipinski definition) is 9. The van der Waals surface area contributed by atoms with Crippen LogP contribution in [0.3, 0.4) is 0 Å². The standard InChI is InChI=1S/C26H25ClFN5O4.C7H12FN/c1-3-19(35)33-7-6-32(11-26(33)12-37-13-26)24-17-10-29-22(21(28)23(17)30-25(31-24)36-2)16-8-15(34)9-18(27)20(16)14-4-5-14;8-6-4-7-2-1-3-9(7)5-6/h3,8-10,14,34H,1,4-7,11-13H2,2H3;6-7H,1-5H2. The Balaban J connectivity index is 0.000000321. The number of amides is 1. The minimum Gasteiger partial charge on any atom is -0.508 e. The number of rotatable bonds is 5. The zero-order valence-electron chi connectivity index (χ0n) is 25.7. The number of ether oxygens (including phenoxy) is 2. The first kappa shape index (κ1) is 31.0. The molecule has 4 saturated heterocycles. The van der Waals surface area contributed by atoms with Gasteiger partial charge in [0.25, 0.3) is 0 Å². The maximum atomic E-state index is 16.2. The van der Waals surface area contributed by atoms with Crippen LogP contribution in [-0.4, -0.2) is 107 Å². The van der Waals surface area contributed by atoms with Crippen molar-refractivity contribution >= 4 is 34.2 Å². The van der Waals surface area contributed by atoms with Crippen LogP contribution in [0.25, 0.3) is 22.2 Å². The number of aromatic nitrogens is 3. The van der Waals surface area contributed by atoms with Crippen molar-refractivity contribution < 1.29 is 28.2 Å². The summed E-state index contributed by atoms with van der Waals surface area (Å²) in [5, 5.41) is 11.0. The monoisotopic (exact) mass is 654 g/mol. The molecule has 8 rings (SSSR count). The van der Waals surface area contributed by atoms with E-state index in [1.165, 1.54) is 38.2 Å². The third-order valence-electron chi connectivity index (χ3n) is 9.77. The van der Waals surface area contributed by atoms with Gasteiger partial charge >= 0.3 is 6.01 Å². The molecule has 46 heavy (non-hydrogen) atoms. The molecule has 4 aliphatic heterocycles. The van der Waals surface area contributed by atoms with Crippen molar-refractivity contribution in [3.05, 3.63) is 47.4 Å².